The van der Waals surface area contributed by atoms with E-state index in [1.165, 1.54) is 11.1 Å². The van der Waals surface area contributed by atoms with Gasteiger partial charge in [-0.15, -0.1) is 0 Å². The molecule has 0 spiro atoms. The van der Waals surface area contributed by atoms with Gasteiger partial charge in [-0.05, 0) is 48.2 Å². The van der Waals surface area contributed by atoms with E-state index in [2.05, 4.69) is 23.5 Å². The van der Waals surface area contributed by atoms with Gasteiger partial charge in [0.1, 0.15) is 6.61 Å². The van der Waals surface area contributed by atoms with E-state index < -0.39 is 0 Å². The van der Waals surface area contributed by atoms with Crippen LogP contribution in [0.4, 0.5) is 5.69 Å². The van der Waals surface area contributed by atoms with Gasteiger partial charge < -0.3 is 14.6 Å². The molecule has 1 fully saturated rings. The quantitative estimate of drug-likeness (QED) is 0.331. The molecule has 4 rings (SSSR count). The summed E-state index contributed by atoms with van der Waals surface area (Å²) in [7, 11) is 1.79. The minimum absolute atomic E-state index is 0.174. The monoisotopic (exact) mass is 454 g/mol. The number of carbonyl (C=O) groups excluding carboxylic acids is 2. The van der Waals surface area contributed by atoms with E-state index >= 15 is 0 Å². The number of fused-ring (bicyclic) bond motifs is 1. The maximum Gasteiger partial charge on any atom is 0.338 e. The van der Waals surface area contributed by atoms with Gasteiger partial charge in [-0.25, -0.2) is 10.6 Å². The number of piperazine rings is 1. The molecule has 0 saturated carbocycles. The third-order valence-electron chi connectivity index (χ3n) is 6.40. The van der Waals surface area contributed by atoms with Crippen LogP contribution in [0.5, 0.6) is 0 Å². The highest BCUT2D eigenvalue weighted by Crippen LogP contribution is 2.26. The molecule has 1 saturated heterocycles. The molecule has 0 bridgehead atoms. The molecule has 2 aliphatic heterocycles. The molecule has 0 atom stereocenters. The summed E-state index contributed by atoms with van der Waals surface area (Å²) in [5.41, 5.74) is 6.10. The summed E-state index contributed by atoms with van der Waals surface area (Å²) in [6.07, 6.45) is 1.35. The lowest BCUT2D eigenvalue weighted by molar-refractivity contribution is -0.132. The SMILES string of the molecule is Cc1c(CCN2CCN(C(=O)Cc3ccc(N(C)N)cc3)CC2)ccc2c1COC2=O.NN. The second kappa shape index (κ2) is 11.2. The van der Waals surface area contributed by atoms with Crippen LogP contribution in [-0.4, -0.2) is 61.4 Å². The first-order valence-corrected chi connectivity index (χ1v) is 11.1. The number of anilines is 1. The molecule has 178 valence electrons. The summed E-state index contributed by atoms with van der Waals surface area (Å²) < 4.78 is 5.15. The lowest BCUT2D eigenvalue weighted by atomic mass is 9.96. The molecule has 2 heterocycles. The molecule has 0 aromatic heterocycles. The van der Waals surface area contributed by atoms with Gasteiger partial charge in [0.05, 0.1) is 17.7 Å². The first kappa shape index (κ1) is 24.7. The summed E-state index contributed by atoms with van der Waals surface area (Å²) in [6.45, 7) is 6.69. The van der Waals surface area contributed by atoms with Crippen molar-refractivity contribution < 1.29 is 14.3 Å². The Labute approximate surface area is 195 Å². The van der Waals surface area contributed by atoms with E-state index in [0.717, 1.165) is 56.0 Å². The number of rotatable bonds is 6. The maximum atomic E-state index is 12.7. The number of cyclic esters (lactones) is 1. The predicted molar refractivity (Wildman–Crippen MR) is 128 cm³/mol. The summed E-state index contributed by atoms with van der Waals surface area (Å²) in [5, 5.41) is 1.56. The Bertz CT molecular complexity index is 969. The first-order valence-electron chi connectivity index (χ1n) is 11.1. The van der Waals surface area contributed by atoms with Gasteiger partial charge in [-0.2, -0.15) is 0 Å². The Kier molecular flexibility index (Phi) is 8.40. The smallest absolute Gasteiger partial charge is 0.338 e. The normalized spacial score (nSPS) is 15.4. The lowest BCUT2D eigenvalue weighted by Gasteiger charge is -2.35. The molecule has 2 aliphatic rings. The minimum atomic E-state index is -0.215. The van der Waals surface area contributed by atoms with Crippen molar-refractivity contribution in [3.63, 3.8) is 0 Å². The van der Waals surface area contributed by atoms with E-state index in [-0.39, 0.29) is 11.9 Å². The summed E-state index contributed by atoms with van der Waals surface area (Å²) in [5.74, 6) is 13.7. The molecule has 0 unspecified atom stereocenters. The number of carbonyl (C=O) groups is 2. The van der Waals surface area contributed by atoms with Crippen LogP contribution in [0, 0.1) is 6.92 Å². The molecule has 0 radical (unpaired) electrons. The first-order chi connectivity index (χ1) is 15.9. The largest absolute Gasteiger partial charge is 0.457 e. The van der Waals surface area contributed by atoms with Gasteiger partial charge in [0, 0.05) is 45.3 Å². The van der Waals surface area contributed by atoms with Crippen molar-refractivity contribution in [2.75, 3.05) is 44.8 Å². The third-order valence-corrected chi connectivity index (χ3v) is 6.40. The maximum absolute atomic E-state index is 12.7. The molecule has 1 amide bonds. The van der Waals surface area contributed by atoms with Gasteiger partial charge in [0.2, 0.25) is 5.91 Å². The number of amides is 1. The van der Waals surface area contributed by atoms with Gasteiger partial charge in [-0.3, -0.25) is 21.4 Å². The molecular weight excluding hydrogens is 420 g/mol. The summed E-state index contributed by atoms with van der Waals surface area (Å²) >= 11 is 0. The van der Waals surface area contributed by atoms with Gasteiger partial charge in [0.15, 0.2) is 0 Å². The van der Waals surface area contributed by atoms with E-state index in [0.29, 0.717) is 18.6 Å². The fourth-order valence-corrected chi connectivity index (χ4v) is 4.30. The van der Waals surface area contributed by atoms with E-state index in [1.807, 2.05) is 41.3 Å². The van der Waals surface area contributed by atoms with Crippen molar-refractivity contribution in [3.05, 3.63) is 64.2 Å². The van der Waals surface area contributed by atoms with Crippen molar-refractivity contribution in [2.45, 2.75) is 26.4 Å². The van der Waals surface area contributed by atoms with E-state index in [1.54, 1.807) is 12.1 Å². The van der Waals surface area contributed by atoms with Crippen LogP contribution >= 0.6 is 0 Å². The number of hydrogen-bond acceptors (Lipinski definition) is 8. The second-order valence-corrected chi connectivity index (χ2v) is 8.38. The fraction of sp³-hybridized carbons (Fsp3) is 0.417. The number of nitrogens with two attached hydrogens (primary N) is 3. The molecule has 2 aromatic carbocycles. The van der Waals surface area contributed by atoms with E-state index in [4.69, 9.17) is 10.6 Å². The Morgan fingerprint density at radius 3 is 2.36 bits per heavy atom. The average molecular weight is 455 g/mol. The average Bonchev–Trinajstić information content (AvgIpc) is 3.22. The van der Waals surface area contributed by atoms with Crippen LogP contribution < -0.4 is 22.5 Å². The van der Waals surface area contributed by atoms with Crippen LogP contribution in [0.25, 0.3) is 0 Å². The second-order valence-electron chi connectivity index (χ2n) is 8.38. The standard InChI is InChI=1S/C24H30N4O3.H4N2/c1-17-19(5-8-21-22(17)16-31-24(21)30)9-10-27-11-13-28(14-12-27)23(29)15-18-3-6-20(7-4-18)26(2)25;1-2/h3-8H,9-16,25H2,1-2H3;1-2H2. The van der Waals surface area contributed by atoms with Gasteiger partial charge in [0.25, 0.3) is 0 Å². The van der Waals surface area contributed by atoms with Crippen LogP contribution in [0.15, 0.2) is 36.4 Å². The Hall–Kier alpha value is -2.98. The number of ether oxygens (including phenoxy) is 1. The highest BCUT2D eigenvalue weighted by Gasteiger charge is 2.25. The fourth-order valence-electron chi connectivity index (χ4n) is 4.30. The molecule has 33 heavy (non-hydrogen) atoms. The molecular formula is C24H34N6O3. The van der Waals surface area contributed by atoms with Crippen molar-refractivity contribution in [1.82, 2.24) is 9.80 Å². The van der Waals surface area contributed by atoms with Crippen molar-refractivity contribution in [2.24, 2.45) is 17.5 Å². The van der Waals surface area contributed by atoms with Crippen LogP contribution in [0.2, 0.25) is 0 Å². The topological polar surface area (TPSA) is 131 Å². The van der Waals surface area contributed by atoms with Crippen LogP contribution in [-0.2, 0) is 29.0 Å². The molecule has 6 N–H and O–H groups in total. The van der Waals surface area contributed by atoms with Crippen molar-refractivity contribution in [1.29, 1.82) is 0 Å². The number of nitrogens with zero attached hydrogens (tertiary/aromatic N) is 3. The van der Waals surface area contributed by atoms with Crippen LogP contribution in [0.3, 0.4) is 0 Å². The number of hydrazine groups is 2. The van der Waals surface area contributed by atoms with Crippen molar-refractivity contribution in [3.8, 4) is 0 Å². The van der Waals surface area contributed by atoms with Crippen LogP contribution in [0.1, 0.15) is 32.6 Å². The van der Waals surface area contributed by atoms with Crippen molar-refractivity contribution >= 4 is 17.6 Å². The summed E-state index contributed by atoms with van der Waals surface area (Å²) in [4.78, 5) is 28.8. The lowest BCUT2D eigenvalue weighted by Crippen LogP contribution is -2.49. The zero-order chi connectivity index (χ0) is 24.0. The zero-order valence-electron chi connectivity index (χ0n) is 19.4. The predicted octanol–water partition coefficient (Wildman–Crippen LogP) is 0.724. The van der Waals surface area contributed by atoms with Gasteiger partial charge in [-0.1, -0.05) is 18.2 Å². The Balaban J connectivity index is 0.00000149. The number of esters is 1. The van der Waals surface area contributed by atoms with Gasteiger partial charge >= 0.3 is 5.97 Å². The number of hydrogen-bond donors (Lipinski definition) is 3. The minimum Gasteiger partial charge on any atom is -0.457 e. The molecule has 9 heteroatoms. The highest BCUT2D eigenvalue weighted by molar-refractivity contribution is 5.93. The Morgan fingerprint density at radius 2 is 1.73 bits per heavy atom. The number of benzene rings is 2. The molecule has 2 aromatic rings. The van der Waals surface area contributed by atoms with E-state index in [9.17, 15) is 9.59 Å². The molecule has 9 nitrogen and oxygen atoms in total. The molecule has 0 aliphatic carbocycles. The Morgan fingerprint density at radius 1 is 1.06 bits per heavy atom. The zero-order valence-corrected chi connectivity index (χ0v) is 19.4. The highest BCUT2D eigenvalue weighted by atomic mass is 16.5. The summed E-state index contributed by atoms with van der Waals surface area (Å²) in [6, 6.07) is 11.7. The third kappa shape index (κ3) is 5.88.